The van der Waals surface area contributed by atoms with E-state index in [0.29, 0.717) is 23.8 Å². The van der Waals surface area contributed by atoms with Crippen molar-refractivity contribution < 1.29 is 4.79 Å². The Morgan fingerprint density at radius 1 is 1.11 bits per heavy atom. The highest BCUT2D eigenvalue weighted by Gasteiger charge is 2.13. The van der Waals surface area contributed by atoms with E-state index >= 15 is 0 Å². The Bertz CT molecular complexity index is 1570. The van der Waals surface area contributed by atoms with E-state index in [1.807, 2.05) is 66.1 Å². The summed E-state index contributed by atoms with van der Waals surface area (Å²) in [4.78, 5) is 26.6. The van der Waals surface area contributed by atoms with Gasteiger partial charge in [-0.05, 0) is 55.3 Å². The summed E-state index contributed by atoms with van der Waals surface area (Å²) in [5, 5.41) is 5.11. The van der Waals surface area contributed by atoms with Crippen LogP contribution in [-0.2, 0) is 13.0 Å². The van der Waals surface area contributed by atoms with Crippen LogP contribution < -0.4 is 5.32 Å². The van der Waals surface area contributed by atoms with Crippen LogP contribution in [0.2, 0.25) is 0 Å². The molecule has 3 heterocycles. The molecule has 7 heteroatoms. The average molecular weight is 510 g/mol. The molecule has 0 amide bonds. The fourth-order valence-electron chi connectivity index (χ4n) is 4.47. The van der Waals surface area contributed by atoms with E-state index in [9.17, 15) is 4.79 Å². The van der Waals surface area contributed by atoms with Crippen LogP contribution in [0.1, 0.15) is 46.6 Å². The summed E-state index contributed by atoms with van der Waals surface area (Å²) < 4.78 is 1.99. The van der Waals surface area contributed by atoms with Gasteiger partial charge in [0.1, 0.15) is 5.65 Å². The molecule has 0 aliphatic carbocycles. The van der Waals surface area contributed by atoms with Crippen LogP contribution in [0.4, 0.5) is 5.69 Å². The second-order valence-corrected chi connectivity index (χ2v) is 11.2. The zero-order chi connectivity index (χ0) is 25.9. The number of fused-ring (bicyclic) bond motifs is 1. The molecule has 0 aliphatic rings. The molecule has 0 atom stereocenters. The third kappa shape index (κ3) is 5.78. The molecule has 6 nitrogen and oxygen atoms in total. The van der Waals surface area contributed by atoms with Gasteiger partial charge in [0.15, 0.2) is 5.78 Å². The van der Waals surface area contributed by atoms with Crippen LogP contribution in [0.15, 0.2) is 78.3 Å². The summed E-state index contributed by atoms with van der Waals surface area (Å²) in [7, 11) is 0. The van der Waals surface area contributed by atoms with Crippen molar-refractivity contribution in [2.75, 3.05) is 5.32 Å². The number of thioether (sulfide) groups is 1. The monoisotopic (exact) mass is 509 g/mol. The van der Waals surface area contributed by atoms with E-state index in [0.717, 1.165) is 44.8 Å². The van der Waals surface area contributed by atoms with Crippen molar-refractivity contribution in [3.63, 3.8) is 0 Å². The molecule has 2 aromatic carbocycles. The fraction of sp³-hybridized carbons (Fsp3) is 0.233. The molecular weight excluding hydrogens is 478 g/mol. The summed E-state index contributed by atoms with van der Waals surface area (Å²) >= 11 is 1.85. The number of nitrogens with one attached hydrogen (secondary N) is 2. The molecule has 2 N–H and O–H groups in total. The van der Waals surface area contributed by atoms with Crippen molar-refractivity contribution in [1.82, 2.24) is 19.5 Å². The van der Waals surface area contributed by atoms with Crippen molar-refractivity contribution in [2.45, 2.75) is 50.8 Å². The Morgan fingerprint density at radius 3 is 2.76 bits per heavy atom. The first kappa shape index (κ1) is 24.8. The van der Waals surface area contributed by atoms with Crippen LogP contribution >= 0.6 is 11.8 Å². The molecule has 0 saturated heterocycles. The van der Waals surface area contributed by atoms with E-state index < -0.39 is 0 Å². The summed E-state index contributed by atoms with van der Waals surface area (Å²) in [5.74, 6) is 0.0912. The Labute approximate surface area is 221 Å². The van der Waals surface area contributed by atoms with E-state index in [2.05, 4.69) is 65.3 Å². The lowest BCUT2D eigenvalue weighted by molar-refractivity contribution is 0.0993. The Hall–Kier alpha value is -3.84. The summed E-state index contributed by atoms with van der Waals surface area (Å²) in [5.41, 5.74) is 7.74. The predicted octanol–water partition coefficient (Wildman–Crippen LogP) is 6.90. The first-order chi connectivity index (χ1) is 17.9. The maximum absolute atomic E-state index is 13.2. The Morgan fingerprint density at radius 2 is 1.97 bits per heavy atom. The van der Waals surface area contributed by atoms with Gasteiger partial charge in [-0.25, -0.2) is 9.97 Å². The molecule has 3 aromatic heterocycles. The smallest absolute Gasteiger partial charge is 0.167 e. The number of pyridine rings is 1. The number of carbonyl (C=O) groups excluding carboxylic acids is 1. The summed E-state index contributed by atoms with van der Waals surface area (Å²) in [6.45, 7) is 9.05. The topological polar surface area (TPSA) is 75.6 Å². The molecule has 0 aliphatic heterocycles. The fourth-order valence-corrected chi connectivity index (χ4v) is 5.51. The Kier molecular flexibility index (Phi) is 7.15. The number of nitrogens with zero attached hydrogens (tertiary/aromatic N) is 3. The number of ketones is 1. The second kappa shape index (κ2) is 10.6. The van der Waals surface area contributed by atoms with Crippen LogP contribution in [0.5, 0.6) is 0 Å². The van der Waals surface area contributed by atoms with Crippen molar-refractivity contribution in [2.24, 2.45) is 0 Å². The van der Waals surface area contributed by atoms with Crippen molar-refractivity contribution >= 4 is 34.3 Å². The number of imidazole rings is 1. The van der Waals surface area contributed by atoms with Crippen LogP contribution in [0.25, 0.3) is 16.7 Å². The predicted molar refractivity (Wildman–Crippen MR) is 152 cm³/mol. The molecule has 188 valence electrons. The molecule has 5 rings (SSSR count). The molecule has 37 heavy (non-hydrogen) atoms. The minimum absolute atomic E-state index is 0.0912. The number of aromatic amines is 1. The minimum Gasteiger partial charge on any atom is -0.381 e. The number of rotatable bonds is 9. The van der Waals surface area contributed by atoms with Gasteiger partial charge in [-0.15, -0.1) is 11.8 Å². The second-order valence-electron chi connectivity index (χ2n) is 9.65. The summed E-state index contributed by atoms with van der Waals surface area (Å²) in [6.07, 6.45) is 8.00. The first-order valence-corrected chi connectivity index (χ1v) is 13.3. The highest BCUT2D eigenvalue weighted by molar-refractivity contribution is 8.00. The maximum Gasteiger partial charge on any atom is 0.167 e. The van der Waals surface area contributed by atoms with Crippen molar-refractivity contribution in [1.29, 1.82) is 0 Å². The lowest BCUT2D eigenvalue weighted by Gasteiger charge is -2.14. The molecule has 0 spiro atoms. The van der Waals surface area contributed by atoms with Gasteiger partial charge in [0.05, 0.1) is 12.0 Å². The third-order valence-corrected chi connectivity index (χ3v) is 7.32. The largest absolute Gasteiger partial charge is 0.381 e. The van der Waals surface area contributed by atoms with Crippen LogP contribution in [-0.4, -0.2) is 30.6 Å². The van der Waals surface area contributed by atoms with E-state index in [1.165, 1.54) is 4.90 Å². The lowest BCUT2D eigenvalue weighted by atomic mass is 10.0. The zero-order valence-electron chi connectivity index (χ0n) is 21.6. The van der Waals surface area contributed by atoms with Gasteiger partial charge >= 0.3 is 0 Å². The number of anilines is 1. The summed E-state index contributed by atoms with van der Waals surface area (Å²) in [6, 6.07) is 16.1. The molecule has 0 bridgehead atoms. The van der Waals surface area contributed by atoms with Gasteiger partial charge in [0, 0.05) is 69.6 Å². The quantitative estimate of drug-likeness (QED) is 0.167. The van der Waals surface area contributed by atoms with Crippen molar-refractivity contribution in [3.05, 3.63) is 101 Å². The highest BCUT2D eigenvalue weighted by Crippen LogP contribution is 2.33. The van der Waals surface area contributed by atoms with Crippen LogP contribution in [0, 0.1) is 13.8 Å². The van der Waals surface area contributed by atoms with Gasteiger partial charge in [0.2, 0.25) is 0 Å². The number of hydrogen-bond acceptors (Lipinski definition) is 5. The number of benzene rings is 2. The first-order valence-electron chi connectivity index (χ1n) is 12.5. The standard InChI is InChI=1S/C30H31N5OS/c1-19(2)37-29-24(16-33-30-27(29)8-9-31-30)15-32-25-7-5-6-23(14-25)28(36)13-22-10-20(3)11-26(12-22)35-17-21(4)34-18-35/h5-12,14,16-19,32H,13,15H2,1-4H3,(H,31,33). The SMILES string of the molecule is Cc1cc(CC(=O)c2cccc(NCc3cnc4[nH]ccc4c3SC(C)C)c2)cc(-n2cnc(C)c2)c1. The number of carbonyl (C=O) groups is 1. The van der Waals surface area contributed by atoms with Gasteiger partial charge in [-0.3, -0.25) is 4.79 Å². The average Bonchev–Trinajstić information content (AvgIpc) is 3.52. The molecule has 0 saturated carbocycles. The maximum atomic E-state index is 13.2. The number of H-pyrrole nitrogens is 1. The molecule has 0 radical (unpaired) electrons. The van der Waals surface area contributed by atoms with E-state index in [4.69, 9.17) is 0 Å². The lowest BCUT2D eigenvalue weighted by Crippen LogP contribution is -2.07. The van der Waals surface area contributed by atoms with Crippen LogP contribution in [0.3, 0.4) is 0 Å². The normalized spacial score (nSPS) is 11.4. The van der Waals surface area contributed by atoms with E-state index in [-0.39, 0.29) is 5.78 Å². The van der Waals surface area contributed by atoms with E-state index in [1.54, 1.807) is 6.33 Å². The molecule has 0 fully saturated rings. The van der Waals surface area contributed by atoms with Gasteiger partial charge in [-0.2, -0.15) is 0 Å². The number of aryl methyl sites for hydroxylation is 2. The zero-order valence-corrected chi connectivity index (χ0v) is 22.4. The molecule has 5 aromatic rings. The van der Waals surface area contributed by atoms with Gasteiger partial charge in [-0.1, -0.05) is 32.0 Å². The number of aromatic nitrogens is 4. The third-order valence-electron chi connectivity index (χ3n) is 6.13. The molecule has 0 unspecified atom stereocenters. The van der Waals surface area contributed by atoms with Gasteiger partial charge < -0.3 is 14.9 Å². The minimum atomic E-state index is 0.0912. The molecular formula is C30H31N5OS. The highest BCUT2D eigenvalue weighted by atomic mass is 32.2. The van der Waals surface area contributed by atoms with Crippen molar-refractivity contribution in [3.8, 4) is 5.69 Å². The number of Topliss-reactive ketones (excluding diaryl/α,β-unsaturated/α-hetero) is 1. The Balaban J connectivity index is 1.32. The number of hydrogen-bond donors (Lipinski definition) is 2. The van der Waals surface area contributed by atoms with Gasteiger partial charge in [0.25, 0.3) is 0 Å².